The highest BCUT2D eigenvalue weighted by Gasteiger charge is 2.25. The molecule has 0 radical (unpaired) electrons. The maximum Gasteiger partial charge on any atom is 0.115 e. The van der Waals surface area contributed by atoms with Gasteiger partial charge in [0.05, 0.1) is 0 Å². The smallest absolute Gasteiger partial charge is 0.115 e. The zero-order valence-corrected chi connectivity index (χ0v) is 10.2. The van der Waals surface area contributed by atoms with E-state index in [1.54, 1.807) is 6.33 Å². The molecule has 0 bridgehead atoms. The molecule has 84 valence electrons. The van der Waals surface area contributed by atoms with Crippen molar-refractivity contribution < 1.29 is 0 Å². The number of aromatic nitrogens is 2. The van der Waals surface area contributed by atoms with Crippen molar-refractivity contribution in [2.45, 2.75) is 58.3 Å². The molecule has 0 saturated heterocycles. The Balaban J connectivity index is 2.80. The van der Waals surface area contributed by atoms with Crippen LogP contribution < -0.4 is 0 Å². The summed E-state index contributed by atoms with van der Waals surface area (Å²) in [6.07, 6.45) is 11.8. The molecule has 1 heterocycles. The average molecular weight is 206 g/mol. The van der Waals surface area contributed by atoms with E-state index in [4.69, 9.17) is 0 Å². The van der Waals surface area contributed by atoms with Crippen LogP contribution in [0.2, 0.25) is 0 Å². The zero-order chi connectivity index (χ0) is 11.1. The van der Waals surface area contributed by atoms with Gasteiger partial charge in [-0.1, -0.05) is 40.0 Å². The van der Waals surface area contributed by atoms with E-state index in [1.165, 1.54) is 37.7 Å². The van der Waals surface area contributed by atoms with E-state index in [9.17, 15) is 0 Å². The largest absolute Gasteiger partial charge is 0.245 e. The number of unbranched alkanes of at least 4 members (excludes halogenated alkanes) is 1. The maximum absolute atomic E-state index is 4.13. The molecule has 0 fully saturated rings. The van der Waals surface area contributed by atoms with Gasteiger partial charge in [-0.2, -0.15) is 0 Å². The van der Waals surface area contributed by atoms with Crippen LogP contribution in [-0.2, 0) is 5.41 Å². The molecule has 0 aliphatic carbocycles. The first-order chi connectivity index (χ1) is 7.23. The molecule has 0 aliphatic rings. The summed E-state index contributed by atoms with van der Waals surface area (Å²) < 4.78 is 0. The van der Waals surface area contributed by atoms with Crippen LogP contribution in [0.3, 0.4) is 0 Å². The van der Waals surface area contributed by atoms with E-state index in [-0.39, 0.29) is 5.41 Å². The van der Waals surface area contributed by atoms with Crippen molar-refractivity contribution in [3.8, 4) is 0 Å². The van der Waals surface area contributed by atoms with Crippen molar-refractivity contribution in [1.29, 1.82) is 0 Å². The monoisotopic (exact) mass is 206 g/mol. The van der Waals surface area contributed by atoms with Crippen molar-refractivity contribution in [2.24, 2.45) is 0 Å². The predicted molar refractivity (Wildman–Crippen MR) is 63.8 cm³/mol. The minimum atomic E-state index is 0.270. The predicted octanol–water partition coefficient (Wildman–Crippen LogP) is 3.72. The van der Waals surface area contributed by atoms with Crippen molar-refractivity contribution in [2.75, 3.05) is 0 Å². The molecule has 1 unspecified atom stereocenters. The van der Waals surface area contributed by atoms with Crippen molar-refractivity contribution in [3.05, 3.63) is 24.3 Å². The Hall–Kier alpha value is -0.920. The Bertz CT molecular complexity index is 271. The molecule has 0 aromatic carbocycles. The third-order valence-corrected chi connectivity index (χ3v) is 3.14. The topological polar surface area (TPSA) is 25.8 Å². The molecule has 0 saturated carbocycles. The fourth-order valence-corrected chi connectivity index (χ4v) is 2.14. The summed E-state index contributed by atoms with van der Waals surface area (Å²) in [5.74, 6) is 0. The summed E-state index contributed by atoms with van der Waals surface area (Å²) in [6.45, 7) is 6.83. The third kappa shape index (κ3) is 3.29. The Labute approximate surface area is 93.2 Å². The van der Waals surface area contributed by atoms with Crippen LogP contribution in [0.15, 0.2) is 18.7 Å². The first kappa shape index (κ1) is 12.2. The summed E-state index contributed by atoms with van der Waals surface area (Å²) >= 11 is 0. The van der Waals surface area contributed by atoms with Crippen LogP contribution in [0.1, 0.15) is 58.4 Å². The highest BCUT2D eigenvalue weighted by atomic mass is 14.8. The third-order valence-electron chi connectivity index (χ3n) is 3.14. The van der Waals surface area contributed by atoms with E-state index in [1.807, 2.05) is 12.4 Å². The van der Waals surface area contributed by atoms with Gasteiger partial charge in [-0.3, -0.25) is 0 Å². The van der Waals surface area contributed by atoms with E-state index < -0.39 is 0 Å². The van der Waals surface area contributed by atoms with Gasteiger partial charge >= 0.3 is 0 Å². The van der Waals surface area contributed by atoms with Gasteiger partial charge in [0.1, 0.15) is 6.33 Å². The van der Waals surface area contributed by atoms with Crippen LogP contribution in [0.5, 0.6) is 0 Å². The second-order valence-electron chi connectivity index (χ2n) is 4.54. The minimum absolute atomic E-state index is 0.270. The Morgan fingerprint density at radius 2 is 1.73 bits per heavy atom. The van der Waals surface area contributed by atoms with Crippen LogP contribution in [0, 0.1) is 0 Å². The summed E-state index contributed by atoms with van der Waals surface area (Å²) in [5.41, 5.74) is 1.56. The molecule has 1 rings (SSSR count). The summed E-state index contributed by atoms with van der Waals surface area (Å²) in [5, 5.41) is 0. The van der Waals surface area contributed by atoms with Crippen LogP contribution in [0.25, 0.3) is 0 Å². The Morgan fingerprint density at radius 3 is 2.27 bits per heavy atom. The highest BCUT2D eigenvalue weighted by Crippen LogP contribution is 2.33. The molecule has 1 aromatic heterocycles. The Kier molecular flexibility index (Phi) is 4.73. The molecule has 2 heteroatoms. The molecule has 0 spiro atoms. The molecule has 0 aliphatic heterocycles. The van der Waals surface area contributed by atoms with Crippen molar-refractivity contribution >= 4 is 0 Å². The first-order valence-corrected chi connectivity index (χ1v) is 5.98. The number of rotatable bonds is 6. The van der Waals surface area contributed by atoms with Crippen molar-refractivity contribution in [3.63, 3.8) is 0 Å². The average Bonchev–Trinajstić information content (AvgIpc) is 2.28. The summed E-state index contributed by atoms with van der Waals surface area (Å²) in [7, 11) is 0. The van der Waals surface area contributed by atoms with E-state index in [2.05, 4.69) is 30.7 Å². The summed E-state index contributed by atoms with van der Waals surface area (Å²) in [4.78, 5) is 8.26. The zero-order valence-electron chi connectivity index (χ0n) is 10.2. The van der Waals surface area contributed by atoms with Gasteiger partial charge in [0.15, 0.2) is 0 Å². The lowest BCUT2D eigenvalue weighted by molar-refractivity contribution is 0.380. The standard InChI is InChI=1S/C13H22N2/c1-4-6-8-13(3,7-5-2)12-9-14-11-15-10-12/h9-11H,4-8H2,1-3H3. The van der Waals surface area contributed by atoms with Gasteiger partial charge in [0.25, 0.3) is 0 Å². The molecular weight excluding hydrogens is 184 g/mol. The summed E-state index contributed by atoms with van der Waals surface area (Å²) in [6, 6.07) is 0. The van der Waals surface area contributed by atoms with Gasteiger partial charge in [0.2, 0.25) is 0 Å². The normalized spacial score (nSPS) is 14.9. The molecule has 2 nitrogen and oxygen atoms in total. The molecule has 15 heavy (non-hydrogen) atoms. The lowest BCUT2D eigenvalue weighted by atomic mass is 9.76. The van der Waals surface area contributed by atoms with Gasteiger partial charge < -0.3 is 0 Å². The van der Waals surface area contributed by atoms with Gasteiger partial charge in [-0.05, 0) is 23.8 Å². The number of hydrogen-bond donors (Lipinski definition) is 0. The molecule has 0 N–H and O–H groups in total. The number of hydrogen-bond acceptors (Lipinski definition) is 2. The molecule has 1 aromatic rings. The lowest BCUT2D eigenvalue weighted by Crippen LogP contribution is -2.22. The van der Waals surface area contributed by atoms with Gasteiger partial charge in [-0.15, -0.1) is 0 Å². The van der Waals surface area contributed by atoms with E-state index in [0.29, 0.717) is 0 Å². The molecular formula is C13H22N2. The van der Waals surface area contributed by atoms with Crippen molar-refractivity contribution in [1.82, 2.24) is 9.97 Å². The minimum Gasteiger partial charge on any atom is -0.245 e. The second-order valence-corrected chi connectivity index (χ2v) is 4.54. The SMILES string of the molecule is CCCCC(C)(CCC)c1cncnc1. The fourth-order valence-electron chi connectivity index (χ4n) is 2.14. The van der Waals surface area contributed by atoms with Crippen LogP contribution >= 0.6 is 0 Å². The highest BCUT2D eigenvalue weighted by molar-refractivity contribution is 5.17. The second kappa shape index (κ2) is 5.84. The molecule has 0 amide bonds. The quantitative estimate of drug-likeness (QED) is 0.709. The first-order valence-electron chi connectivity index (χ1n) is 5.98. The van der Waals surface area contributed by atoms with Crippen LogP contribution in [-0.4, -0.2) is 9.97 Å². The van der Waals surface area contributed by atoms with Gasteiger partial charge in [0, 0.05) is 12.4 Å². The fraction of sp³-hybridized carbons (Fsp3) is 0.692. The van der Waals surface area contributed by atoms with E-state index >= 15 is 0 Å². The maximum atomic E-state index is 4.13. The molecule has 1 atom stereocenters. The number of nitrogens with zero attached hydrogens (tertiary/aromatic N) is 2. The lowest BCUT2D eigenvalue weighted by Gasteiger charge is -2.29. The Morgan fingerprint density at radius 1 is 1.07 bits per heavy atom. The van der Waals surface area contributed by atoms with Crippen LogP contribution in [0.4, 0.5) is 0 Å². The van der Waals surface area contributed by atoms with Gasteiger partial charge in [-0.25, -0.2) is 9.97 Å². The van der Waals surface area contributed by atoms with E-state index in [0.717, 1.165) is 0 Å².